The van der Waals surface area contributed by atoms with Gasteiger partial charge in [0.1, 0.15) is 6.67 Å². The van der Waals surface area contributed by atoms with Crippen molar-refractivity contribution in [2.75, 3.05) is 19.9 Å². The van der Waals surface area contributed by atoms with Crippen molar-refractivity contribution in [3.05, 3.63) is 0 Å². The van der Waals surface area contributed by atoms with Gasteiger partial charge in [-0.2, -0.15) is 0 Å². The van der Waals surface area contributed by atoms with Crippen LogP contribution in [0, 0.1) is 0 Å². The van der Waals surface area contributed by atoms with E-state index in [-0.39, 0.29) is 0 Å². The molecule has 1 saturated heterocycles. The van der Waals surface area contributed by atoms with E-state index in [1.807, 2.05) is 0 Å². The highest BCUT2D eigenvalue weighted by Gasteiger charge is 2.30. The topological polar surface area (TPSA) is 55.5 Å². The van der Waals surface area contributed by atoms with Gasteiger partial charge in [-0.1, -0.05) is 0 Å². The van der Waals surface area contributed by atoms with E-state index in [2.05, 4.69) is 0 Å². The van der Waals surface area contributed by atoms with E-state index < -0.39 is 18.3 Å². The van der Waals surface area contributed by atoms with Crippen LogP contribution in [0.4, 0.5) is 4.39 Å². The molecular weight excluding hydrogens is 161 g/mol. The molecule has 0 radical (unpaired) electrons. The molecule has 3 N–H and O–H groups in total. The van der Waals surface area contributed by atoms with Gasteiger partial charge in [0, 0.05) is 18.8 Å². The highest BCUT2D eigenvalue weighted by atomic mass is 19.1. The van der Waals surface area contributed by atoms with Gasteiger partial charge in [-0.05, 0) is 19.3 Å². The third-order valence-corrected chi connectivity index (χ3v) is 2.31. The first kappa shape index (κ1) is 9.89. The molecule has 1 fully saturated rings. The standard InChI is InChI=1S/C8H16FNO2/c9-6-7(11)5-8(10)1-3-12-4-2-8/h7,11H,1-6,10H2. The zero-order valence-corrected chi connectivity index (χ0v) is 7.13. The molecule has 0 saturated carbocycles. The third kappa shape index (κ3) is 2.69. The summed E-state index contributed by atoms with van der Waals surface area (Å²) in [5, 5.41) is 9.08. The number of hydrogen-bond donors (Lipinski definition) is 2. The van der Waals surface area contributed by atoms with Crippen LogP contribution in [0.5, 0.6) is 0 Å². The second kappa shape index (κ2) is 4.16. The van der Waals surface area contributed by atoms with Crippen molar-refractivity contribution >= 4 is 0 Å². The summed E-state index contributed by atoms with van der Waals surface area (Å²) in [6.07, 6.45) is 0.856. The Morgan fingerprint density at radius 2 is 2.08 bits per heavy atom. The van der Waals surface area contributed by atoms with Crippen LogP contribution in [0.1, 0.15) is 19.3 Å². The van der Waals surface area contributed by atoms with E-state index in [1.54, 1.807) is 0 Å². The van der Waals surface area contributed by atoms with Crippen molar-refractivity contribution in [1.82, 2.24) is 0 Å². The summed E-state index contributed by atoms with van der Waals surface area (Å²) < 4.78 is 17.1. The SMILES string of the molecule is NC1(CC(O)CF)CCOCC1. The number of halogens is 1. The summed E-state index contributed by atoms with van der Waals surface area (Å²) in [6.45, 7) is 0.533. The maximum absolute atomic E-state index is 12.0. The Hall–Kier alpha value is -0.190. The molecule has 1 aliphatic rings. The zero-order valence-electron chi connectivity index (χ0n) is 7.13. The molecule has 0 spiro atoms. The van der Waals surface area contributed by atoms with Crippen LogP contribution >= 0.6 is 0 Å². The molecule has 1 heterocycles. The molecule has 72 valence electrons. The summed E-state index contributed by atoms with van der Waals surface area (Å²) in [7, 11) is 0. The van der Waals surface area contributed by atoms with Crippen molar-refractivity contribution < 1.29 is 14.2 Å². The first-order valence-corrected chi connectivity index (χ1v) is 4.27. The van der Waals surface area contributed by atoms with E-state index in [1.165, 1.54) is 0 Å². The fourth-order valence-electron chi connectivity index (χ4n) is 1.51. The molecule has 0 aromatic rings. The fourth-order valence-corrected chi connectivity index (χ4v) is 1.51. The predicted molar refractivity (Wildman–Crippen MR) is 43.6 cm³/mol. The summed E-state index contributed by atoms with van der Waals surface area (Å²) in [5.74, 6) is 0. The first-order chi connectivity index (χ1) is 5.66. The van der Waals surface area contributed by atoms with Crippen molar-refractivity contribution in [3.63, 3.8) is 0 Å². The molecule has 1 unspecified atom stereocenters. The molecule has 0 aliphatic carbocycles. The van der Waals surface area contributed by atoms with Crippen molar-refractivity contribution in [2.45, 2.75) is 30.9 Å². The van der Waals surface area contributed by atoms with Gasteiger partial charge in [-0.15, -0.1) is 0 Å². The average Bonchev–Trinajstić information content (AvgIpc) is 2.05. The van der Waals surface area contributed by atoms with E-state index >= 15 is 0 Å². The Morgan fingerprint density at radius 3 is 2.58 bits per heavy atom. The van der Waals surface area contributed by atoms with Gasteiger partial charge in [0.25, 0.3) is 0 Å². The van der Waals surface area contributed by atoms with Gasteiger partial charge in [0.05, 0.1) is 6.10 Å². The minimum absolute atomic E-state index is 0.340. The molecule has 0 aromatic carbocycles. The molecule has 1 atom stereocenters. The third-order valence-electron chi connectivity index (χ3n) is 2.31. The predicted octanol–water partition coefficient (Wildman–Crippen LogP) is 0.215. The minimum atomic E-state index is -0.909. The summed E-state index contributed by atoms with van der Waals surface area (Å²) in [4.78, 5) is 0. The van der Waals surface area contributed by atoms with Crippen LogP contribution < -0.4 is 5.73 Å². The van der Waals surface area contributed by atoms with Crippen LogP contribution in [0.2, 0.25) is 0 Å². The molecule has 3 nitrogen and oxygen atoms in total. The highest BCUT2D eigenvalue weighted by molar-refractivity contribution is 4.88. The van der Waals surface area contributed by atoms with Crippen molar-refractivity contribution in [1.29, 1.82) is 0 Å². The monoisotopic (exact) mass is 177 g/mol. The number of nitrogens with two attached hydrogens (primary N) is 1. The maximum Gasteiger partial charge on any atom is 0.115 e. The van der Waals surface area contributed by atoms with Gasteiger partial charge >= 0.3 is 0 Å². The number of aliphatic hydroxyl groups excluding tert-OH is 1. The van der Waals surface area contributed by atoms with Gasteiger partial charge in [-0.3, -0.25) is 0 Å². The fraction of sp³-hybridized carbons (Fsp3) is 1.00. The molecule has 12 heavy (non-hydrogen) atoms. The molecule has 0 aromatic heterocycles. The molecule has 0 amide bonds. The average molecular weight is 177 g/mol. The van der Waals surface area contributed by atoms with E-state index in [9.17, 15) is 4.39 Å². The lowest BCUT2D eigenvalue weighted by Gasteiger charge is -2.34. The number of rotatable bonds is 3. The molecule has 1 rings (SSSR count). The van der Waals surface area contributed by atoms with Gasteiger partial charge in [0.15, 0.2) is 0 Å². The lowest BCUT2D eigenvalue weighted by atomic mass is 9.86. The number of alkyl halides is 1. The second-order valence-corrected chi connectivity index (χ2v) is 3.49. The van der Waals surface area contributed by atoms with E-state index in [0.717, 1.165) is 0 Å². The smallest absolute Gasteiger partial charge is 0.115 e. The number of aliphatic hydroxyl groups is 1. The van der Waals surface area contributed by atoms with Crippen molar-refractivity contribution in [2.24, 2.45) is 5.73 Å². The Morgan fingerprint density at radius 1 is 1.50 bits per heavy atom. The summed E-state index contributed by atoms with van der Waals surface area (Å²) in [6, 6.07) is 0. The first-order valence-electron chi connectivity index (χ1n) is 4.27. The number of hydrogen-bond acceptors (Lipinski definition) is 3. The minimum Gasteiger partial charge on any atom is -0.390 e. The van der Waals surface area contributed by atoms with Crippen LogP contribution in [-0.2, 0) is 4.74 Å². The van der Waals surface area contributed by atoms with Crippen LogP contribution in [0.15, 0.2) is 0 Å². The second-order valence-electron chi connectivity index (χ2n) is 3.49. The van der Waals surface area contributed by atoms with E-state index in [4.69, 9.17) is 15.6 Å². The normalized spacial score (nSPS) is 25.2. The van der Waals surface area contributed by atoms with Crippen molar-refractivity contribution in [3.8, 4) is 0 Å². The molecule has 0 bridgehead atoms. The Bertz CT molecular complexity index is 137. The summed E-state index contributed by atoms with van der Waals surface area (Å²) >= 11 is 0. The lowest BCUT2D eigenvalue weighted by molar-refractivity contribution is 0.0238. The van der Waals surface area contributed by atoms with Crippen LogP contribution in [0.25, 0.3) is 0 Å². The van der Waals surface area contributed by atoms with Gasteiger partial charge in [-0.25, -0.2) is 4.39 Å². The number of ether oxygens (including phenoxy) is 1. The Labute approximate surface area is 71.7 Å². The lowest BCUT2D eigenvalue weighted by Crippen LogP contribution is -2.47. The van der Waals surface area contributed by atoms with Crippen LogP contribution in [-0.4, -0.2) is 36.6 Å². The zero-order chi connectivity index (χ0) is 9.03. The van der Waals surface area contributed by atoms with Crippen LogP contribution in [0.3, 0.4) is 0 Å². The molecular formula is C8H16FNO2. The maximum atomic E-state index is 12.0. The highest BCUT2D eigenvalue weighted by Crippen LogP contribution is 2.22. The molecule has 1 aliphatic heterocycles. The quantitative estimate of drug-likeness (QED) is 0.648. The van der Waals surface area contributed by atoms with Gasteiger partial charge in [0.2, 0.25) is 0 Å². The molecule has 4 heteroatoms. The Balaban J connectivity index is 2.35. The largest absolute Gasteiger partial charge is 0.390 e. The van der Waals surface area contributed by atoms with E-state index in [0.29, 0.717) is 32.5 Å². The van der Waals surface area contributed by atoms with Gasteiger partial charge < -0.3 is 15.6 Å². The Kier molecular flexibility index (Phi) is 3.43. The summed E-state index contributed by atoms with van der Waals surface area (Å²) in [5.41, 5.74) is 5.52.